The molecule has 196 valence electrons. The van der Waals surface area contributed by atoms with Gasteiger partial charge in [0.05, 0.1) is 16.3 Å². The molecule has 0 aliphatic carbocycles. The van der Waals surface area contributed by atoms with Crippen molar-refractivity contribution in [2.45, 2.75) is 19.1 Å². The van der Waals surface area contributed by atoms with E-state index in [4.69, 9.17) is 22.1 Å². The quantitative estimate of drug-likeness (QED) is 0.281. The molecule has 0 fully saturated rings. The van der Waals surface area contributed by atoms with Crippen molar-refractivity contribution in [2.24, 2.45) is 5.73 Å². The van der Waals surface area contributed by atoms with Crippen LogP contribution in [0.2, 0.25) is 5.02 Å². The number of primary amides is 1. The lowest BCUT2D eigenvalue weighted by Gasteiger charge is -2.13. The number of rotatable bonds is 7. The third-order valence-corrected chi connectivity index (χ3v) is 5.49. The van der Waals surface area contributed by atoms with E-state index >= 15 is 0 Å². The fourth-order valence-corrected chi connectivity index (χ4v) is 3.45. The Labute approximate surface area is 218 Å². The molecule has 0 aliphatic heterocycles. The minimum absolute atomic E-state index is 0.0900. The first-order valence-corrected chi connectivity index (χ1v) is 11.3. The Morgan fingerprint density at radius 1 is 1.03 bits per heavy atom. The minimum Gasteiger partial charge on any atom is -0.439 e. The van der Waals surface area contributed by atoms with Gasteiger partial charge < -0.3 is 21.1 Å². The first-order valence-electron chi connectivity index (χ1n) is 10.9. The zero-order valence-electron chi connectivity index (χ0n) is 19.5. The third kappa shape index (κ3) is 6.37. The topological polar surface area (TPSA) is 137 Å². The van der Waals surface area contributed by atoms with Crippen LogP contribution in [-0.4, -0.2) is 31.7 Å². The molecule has 0 saturated carbocycles. The monoisotopic (exact) mass is 545 g/mol. The lowest BCUT2D eigenvalue weighted by atomic mass is 10.2. The molecular weight excluding hydrogens is 527 g/mol. The molecule has 14 heteroatoms. The molecule has 4 N–H and O–H groups in total. The molecule has 4 rings (SSSR count). The van der Waals surface area contributed by atoms with E-state index in [2.05, 4.69) is 25.7 Å². The predicted molar refractivity (Wildman–Crippen MR) is 133 cm³/mol. The van der Waals surface area contributed by atoms with Crippen LogP contribution >= 0.6 is 11.6 Å². The van der Waals surface area contributed by atoms with Gasteiger partial charge in [-0.15, -0.1) is 0 Å². The molecule has 38 heavy (non-hydrogen) atoms. The van der Waals surface area contributed by atoms with Gasteiger partial charge in [0.1, 0.15) is 23.8 Å². The van der Waals surface area contributed by atoms with Crippen molar-refractivity contribution in [3.05, 3.63) is 77.7 Å². The van der Waals surface area contributed by atoms with Crippen molar-refractivity contribution in [2.75, 3.05) is 10.6 Å². The van der Waals surface area contributed by atoms with Gasteiger partial charge in [-0.05, 0) is 43.3 Å². The fraction of sp³-hybridized carbons (Fsp3) is 0.125. The number of hydrogen-bond acceptors (Lipinski definition) is 6. The van der Waals surface area contributed by atoms with E-state index in [0.717, 1.165) is 12.1 Å². The Hall–Kier alpha value is -4.65. The van der Waals surface area contributed by atoms with Crippen molar-refractivity contribution in [3.8, 4) is 23.0 Å². The Bertz CT molecular complexity index is 1490. The fourth-order valence-electron chi connectivity index (χ4n) is 3.23. The molecule has 0 saturated heterocycles. The molecule has 4 aromatic rings. The number of aromatic nitrogens is 4. The molecule has 2 aromatic carbocycles. The van der Waals surface area contributed by atoms with Crippen LogP contribution in [0.25, 0.3) is 11.4 Å². The van der Waals surface area contributed by atoms with E-state index in [1.165, 1.54) is 29.2 Å². The summed E-state index contributed by atoms with van der Waals surface area (Å²) >= 11 is 5.61. The van der Waals surface area contributed by atoms with Gasteiger partial charge in [0.2, 0.25) is 11.8 Å². The smallest absolute Gasteiger partial charge is 0.417 e. The first kappa shape index (κ1) is 26.4. The standard InChI is InChI=1S/C24H19ClF3N7O3/c1-13(22(29)36)35-8-7-19(34-35)20-11-21(31-12-30-20)38-16-4-2-3-14(9-16)32-23(37)33-15-5-6-18(25)17(10-15)24(26,27)28/h2-13H,1H3,(H2,29,36)(H2,32,33,37). The molecule has 1 unspecified atom stereocenters. The molecule has 0 bridgehead atoms. The number of nitrogens with zero attached hydrogens (tertiary/aromatic N) is 4. The molecule has 0 spiro atoms. The number of ether oxygens (including phenoxy) is 1. The van der Waals surface area contributed by atoms with Crippen LogP contribution in [0.4, 0.5) is 29.3 Å². The van der Waals surface area contributed by atoms with Gasteiger partial charge in [0.25, 0.3) is 0 Å². The van der Waals surface area contributed by atoms with Crippen LogP contribution in [0.1, 0.15) is 18.5 Å². The highest BCUT2D eigenvalue weighted by Crippen LogP contribution is 2.36. The highest BCUT2D eigenvalue weighted by molar-refractivity contribution is 6.31. The maximum Gasteiger partial charge on any atom is 0.417 e. The summed E-state index contributed by atoms with van der Waals surface area (Å²) in [5, 5.41) is 8.68. The van der Waals surface area contributed by atoms with Gasteiger partial charge in [-0.2, -0.15) is 18.3 Å². The number of benzene rings is 2. The average molecular weight is 546 g/mol. The molecular formula is C24H19ClF3N7O3. The molecule has 2 aromatic heterocycles. The number of halogens is 4. The van der Waals surface area contributed by atoms with Gasteiger partial charge in [-0.3, -0.25) is 9.48 Å². The highest BCUT2D eigenvalue weighted by atomic mass is 35.5. The summed E-state index contributed by atoms with van der Waals surface area (Å²) in [6.45, 7) is 1.62. The Morgan fingerprint density at radius 3 is 2.47 bits per heavy atom. The van der Waals surface area contributed by atoms with E-state index in [1.807, 2.05) is 0 Å². The van der Waals surface area contributed by atoms with Crippen LogP contribution in [0.5, 0.6) is 11.6 Å². The van der Waals surface area contributed by atoms with Crippen molar-refractivity contribution >= 4 is 34.9 Å². The van der Waals surface area contributed by atoms with Crippen LogP contribution in [-0.2, 0) is 11.0 Å². The Morgan fingerprint density at radius 2 is 1.76 bits per heavy atom. The molecule has 0 radical (unpaired) electrons. The van der Waals surface area contributed by atoms with Crippen LogP contribution in [0.3, 0.4) is 0 Å². The minimum atomic E-state index is -4.67. The van der Waals surface area contributed by atoms with E-state index in [1.54, 1.807) is 37.4 Å². The molecule has 1 atom stereocenters. The molecule has 0 aliphatic rings. The van der Waals surface area contributed by atoms with E-state index in [-0.39, 0.29) is 11.6 Å². The SMILES string of the molecule is CC(C(N)=O)n1ccc(-c2cc(Oc3cccc(NC(=O)Nc4ccc(Cl)c(C(F)(F)F)c4)c3)ncn2)n1. The number of carbonyl (C=O) groups is 2. The zero-order valence-corrected chi connectivity index (χ0v) is 20.3. The summed E-state index contributed by atoms with van der Waals surface area (Å²) in [6, 6.07) is 11.1. The predicted octanol–water partition coefficient (Wildman–Crippen LogP) is 5.49. The highest BCUT2D eigenvalue weighted by Gasteiger charge is 2.33. The molecule has 10 nitrogen and oxygen atoms in total. The number of anilines is 2. The average Bonchev–Trinajstić information content (AvgIpc) is 3.35. The van der Waals surface area contributed by atoms with E-state index < -0.39 is 34.7 Å². The number of urea groups is 1. The lowest BCUT2D eigenvalue weighted by molar-refractivity contribution is -0.137. The van der Waals surface area contributed by atoms with Gasteiger partial charge in [-0.25, -0.2) is 14.8 Å². The number of amides is 3. The van der Waals surface area contributed by atoms with Crippen molar-refractivity contribution in [1.29, 1.82) is 0 Å². The summed E-state index contributed by atoms with van der Waals surface area (Å²) in [5.74, 6) is -0.0473. The van der Waals surface area contributed by atoms with Crippen molar-refractivity contribution in [3.63, 3.8) is 0 Å². The number of hydrogen-bond donors (Lipinski definition) is 3. The van der Waals surface area contributed by atoms with Crippen LogP contribution in [0.15, 0.2) is 67.1 Å². The summed E-state index contributed by atoms with van der Waals surface area (Å²) in [5.41, 5.74) is 5.36. The summed E-state index contributed by atoms with van der Waals surface area (Å²) in [4.78, 5) is 32.0. The summed E-state index contributed by atoms with van der Waals surface area (Å²) < 4.78 is 46.4. The van der Waals surface area contributed by atoms with Gasteiger partial charge in [0, 0.05) is 29.7 Å². The second-order valence-corrected chi connectivity index (χ2v) is 8.31. The maximum absolute atomic E-state index is 13.1. The van der Waals surface area contributed by atoms with Gasteiger partial charge in [0.15, 0.2) is 0 Å². The Kier molecular flexibility index (Phi) is 7.48. The molecule has 2 heterocycles. The molecule has 3 amide bonds. The Balaban J connectivity index is 1.44. The van der Waals surface area contributed by atoms with Gasteiger partial charge >= 0.3 is 12.2 Å². The third-order valence-electron chi connectivity index (χ3n) is 5.17. The second kappa shape index (κ2) is 10.8. The number of carbonyl (C=O) groups excluding carboxylic acids is 2. The van der Waals surface area contributed by atoms with Crippen molar-refractivity contribution < 1.29 is 27.5 Å². The number of nitrogens with two attached hydrogens (primary N) is 1. The number of alkyl halides is 3. The van der Waals surface area contributed by atoms with Crippen LogP contribution < -0.4 is 21.1 Å². The zero-order chi connectivity index (χ0) is 27.4. The first-order chi connectivity index (χ1) is 18.0. The summed E-state index contributed by atoms with van der Waals surface area (Å²) in [6.07, 6.45) is -1.79. The normalized spacial score (nSPS) is 12.0. The van der Waals surface area contributed by atoms with E-state index in [0.29, 0.717) is 22.8 Å². The van der Waals surface area contributed by atoms with Crippen molar-refractivity contribution in [1.82, 2.24) is 19.7 Å². The van der Waals surface area contributed by atoms with E-state index in [9.17, 15) is 22.8 Å². The largest absolute Gasteiger partial charge is 0.439 e. The summed E-state index contributed by atoms with van der Waals surface area (Å²) in [7, 11) is 0. The van der Waals surface area contributed by atoms with Gasteiger partial charge in [-0.1, -0.05) is 17.7 Å². The second-order valence-electron chi connectivity index (χ2n) is 7.90. The maximum atomic E-state index is 13.1. The van der Waals surface area contributed by atoms with Crippen LogP contribution in [0, 0.1) is 0 Å². The number of nitrogens with one attached hydrogen (secondary N) is 2. The lowest BCUT2D eigenvalue weighted by Crippen LogP contribution is -2.24.